The number of hydrogen-bond acceptors (Lipinski definition) is 7. The average Bonchev–Trinajstić information content (AvgIpc) is 2.61. The molecule has 0 atom stereocenters. The van der Waals surface area contributed by atoms with Crippen molar-refractivity contribution >= 4 is 24.0 Å². The molecule has 0 amide bonds. The van der Waals surface area contributed by atoms with E-state index in [1.165, 1.54) is 44.2 Å². The van der Waals surface area contributed by atoms with Crippen LogP contribution in [0.15, 0.2) is 48.5 Å². The van der Waals surface area contributed by atoms with Crippen LogP contribution in [0.1, 0.15) is 25.0 Å². The summed E-state index contributed by atoms with van der Waals surface area (Å²) in [6, 6.07) is 12.6. The molecule has 0 N–H and O–H groups in total. The zero-order chi connectivity index (χ0) is 19.8. The Kier molecular flexibility index (Phi) is 6.44. The lowest BCUT2D eigenvalue weighted by Crippen LogP contribution is -2.07. The van der Waals surface area contributed by atoms with E-state index in [1.54, 1.807) is 24.3 Å². The second-order valence-corrected chi connectivity index (χ2v) is 5.29. The van der Waals surface area contributed by atoms with E-state index in [2.05, 4.69) is 0 Å². The van der Waals surface area contributed by atoms with Crippen LogP contribution in [0.2, 0.25) is 0 Å². The lowest BCUT2D eigenvalue weighted by Gasteiger charge is -2.09. The van der Waals surface area contributed by atoms with Crippen LogP contribution in [0.3, 0.4) is 0 Å². The minimum absolute atomic E-state index is 0.0509. The fourth-order valence-corrected chi connectivity index (χ4v) is 2.05. The maximum Gasteiger partial charge on any atom is 0.336 e. The highest BCUT2D eigenvalue weighted by Gasteiger charge is 2.11. The van der Waals surface area contributed by atoms with Crippen LogP contribution >= 0.6 is 0 Å². The van der Waals surface area contributed by atoms with Crippen molar-refractivity contribution < 1.29 is 28.6 Å². The second kappa shape index (κ2) is 8.97. The highest BCUT2D eigenvalue weighted by molar-refractivity contribution is 5.89. The van der Waals surface area contributed by atoms with E-state index in [9.17, 15) is 14.4 Å². The van der Waals surface area contributed by atoms with E-state index < -0.39 is 17.9 Å². The molecule has 7 heteroatoms. The summed E-state index contributed by atoms with van der Waals surface area (Å²) < 4.78 is 15.1. The summed E-state index contributed by atoms with van der Waals surface area (Å²) in [7, 11) is 0. The number of rotatable bonds is 5. The predicted octanol–water partition coefficient (Wildman–Crippen LogP) is 3.03. The quantitative estimate of drug-likeness (QED) is 0.456. The lowest BCUT2D eigenvalue weighted by molar-refractivity contribution is -0.134. The standard InChI is InChI=1S/C20H15NO6/c1-13(22)25-18-8-6-15(11-19(18)26-14(2)23)7-9-20(24)27-17-5-3-4-16(10-17)12-21/h3-11H,1-2H3/b9-7+. The Labute approximate surface area is 155 Å². The third-order valence-electron chi connectivity index (χ3n) is 3.07. The average molecular weight is 365 g/mol. The molecule has 0 saturated carbocycles. The number of carbonyl (C=O) groups is 3. The van der Waals surface area contributed by atoms with Gasteiger partial charge in [-0.05, 0) is 42.0 Å². The first kappa shape index (κ1) is 19.4. The molecule has 2 aromatic carbocycles. The molecule has 0 aliphatic rings. The van der Waals surface area contributed by atoms with Crippen molar-refractivity contribution in [2.75, 3.05) is 0 Å². The van der Waals surface area contributed by atoms with Gasteiger partial charge in [0, 0.05) is 19.9 Å². The highest BCUT2D eigenvalue weighted by atomic mass is 16.6. The number of benzene rings is 2. The van der Waals surface area contributed by atoms with Gasteiger partial charge in [-0.1, -0.05) is 12.1 Å². The highest BCUT2D eigenvalue weighted by Crippen LogP contribution is 2.29. The summed E-state index contributed by atoms with van der Waals surface area (Å²) in [5.74, 6) is -1.41. The summed E-state index contributed by atoms with van der Waals surface area (Å²) >= 11 is 0. The first-order valence-corrected chi connectivity index (χ1v) is 7.78. The van der Waals surface area contributed by atoms with Crippen LogP contribution in [0.5, 0.6) is 17.2 Å². The van der Waals surface area contributed by atoms with Gasteiger partial charge in [-0.15, -0.1) is 0 Å². The molecule has 0 bridgehead atoms. The normalized spacial score (nSPS) is 10.1. The van der Waals surface area contributed by atoms with Gasteiger partial charge >= 0.3 is 17.9 Å². The number of esters is 3. The first-order chi connectivity index (χ1) is 12.9. The largest absolute Gasteiger partial charge is 0.423 e. The maximum absolute atomic E-state index is 11.9. The van der Waals surface area contributed by atoms with Gasteiger partial charge < -0.3 is 14.2 Å². The van der Waals surface area contributed by atoms with Crippen molar-refractivity contribution in [3.8, 4) is 23.3 Å². The van der Waals surface area contributed by atoms with E-state index in [1.807, 2.05) is 6.07 Å². The van der Waals surface area contributed by atoms with Gasteiger partial charge in [0.1, 0.15) is 5.75 Å². The summed E-state index contributed by atoms with van der Waals surface area (Å²) in [5, 5.41) is 8.84. The number of nitriles is 1. The Morgan fingerprint density at radius 3 is 2.30 bits per heavy atom. The Hall–Kier alpha value is -3.92. The maximum atomic E-state index is 11.9. The molecule has 0 radical (unpaired) electrons. The van der Waals surface area contributed by atoms with Crippen LogP contribution in [0, 0.1) is 11.3 Å². The first-order valence-electron chi connectivity index (χ1n) is 7.78. The minimum Gasteiger partial charge on any atom is -0.423 e. The molecule has 7 nitrogen and oxygen atoms in total. The fraction of sp³-hybridized carbons (Fsp3) is 0.100. The van der Waals surface area contributed by atoms with Crippen molar-refractivity contribution in [1.29, 1.82) is 5.26 Å². The predicted molar refractivity (Wildman–Crippen MR) is 94.9 cm³/mol. The molecule has 0 saturated heterocycles. The topological polar surface area (TPSA) is 103 Å². The summed E-state index contributed by atoms with van der Waals surface area (Å²) in [4.78, 5) is 34.2. The second-order valence-electron chi connectivity index (χ2n) is 5.29. The molecule has 0 unspecified atom stereocenters. The molecule has 0 spiro atoms. The van der Waals surface area contributed by atoms with Gasteiger partial charge in [0.25, 0.3) is 0 Å². The monoisotopic (exact) mass is 365 g/mol. The number of hydrogen-bond donors (Lipinski definition) is 0. The molecule has 2 aromatic rings. The molecule has 0 aliphatic carbocycles. The fourth-order valence-electron chi connectivity index (χ4n) is 2.05. The molecule has 0 aromatic heterocycles. The van der Waals surface area contributed by atoms with Gasteiger partial charge in [0.15, 0.2) is 11.5 Å². The Morgan fingerprint density at radius 1 is 0.926 bits per heavy atom. The molecule has 2 rings (SSSR count). The van der Waals surface area contributed by atoms with Crippen molar-refractivity contribution in [2.24, 2.45) is 0 Å². The minimum atomic E-state index is -0.650. The van der Waals surface area contributed by atoms with Crippen LogP contribution in [0.25, 0.3) is 6.08 Å². The Bertz CT molecular complexity index is 955. The molecule has 0 heterocycles. The summed E-state index contributed by atoms with van der Waals surface area (Å²) in [6.45, 7) is 2.44. The summed E-state index contributed by atoms with van der Waals surface area (Å²) in [5.41, 5.74) is 0.890. The Morgan fingerprint density at radius 2 is 1.63 bits per heavy atom. The molecule has 0 aliphatic heterocycles. The zero-order valence-corrected chi connectivity index (χ0v) is 14.6. The van der Waals surface area contributed by atoms with Crippen molar-refractivity contribution in [3.05, 3.63) is 59.7 Å². The van der Waals surface area contributed by atoms with Crippen LogP contribution in [-0.4, -0.2) is 17.9 Å². The molecular weight excluding hydrogens is 350 g/mol. The van der Waals surface area contributed by atoms with Gasteiger partial charge in [0.2, 0.25) is 0 Å². The van der Waals surface area contributed by atoms with E-state index in [4.69, 9.17) is 19.5 Å². The SMILES string of the molecule is CC(=O)Oc1ccc(/C=C/C(=O)Oc2cccc(C#N)c2)cc1OC(C)=O. The molecule has 136 valence electrons. The Balaban J connectivity index is 2.15. The van der Waals surface area contributed by atoms with E-state index in [-0.39, 0.29) is 17.2 Å². The van der Waals surface area contributed by atoms with Crippen LogP contribution in [-0.2, 0) is 14.4 Å². The van der Waals surface area contributed by atoms with Crippen molar-refractivity contribution in [1.82, 2.24) is 0 Å². The van der Waals surface area contributed by atoms with Gasteiger partial charge in [-0.2, -0.15) is 5.26 Å². The van der Waals surface area contributed by atoms with Crippen molar-refractivity contribution in [2.45, 2.75) is 13.8 Å². The molecule has 27 heavy (non-hydrogen) atoms. The number of carbonyl (C=O) groups excluding carboxylic acids is 3. The van der Waals surface area contributed by atoms with Gasteiger partial charge in [-0.3, -0.25) is 9.59 Å². The van der Waals surface area contributed by atoms with E-state index in [0.717, 1.165) is 0 Å². The van der Waals surface area contributed by atoms with Crippen LogP contribution in [0.4, 0.5) is 0 Å². The molecular formula is C20H15NO6. The van der Waals surface area contributed by atoms with Crippen LogP contribution < -0.4 is 14.2 Å². The third-order valence-corrected chi connectivity index (χ3v) is 3.07. The number of nitrogens with zero attached hydrogens (tertiary/aromatic N) is 1. The van der Waals surface area contributed by atoms with Gasteiger partial charge in [-0.25, -0.2) is 4.79 Å². The zero-order valence-electron chi connectivity index (χ0n) is 14.6. The number of ether oxygens (including phenoxy) is 3. The third kappa shape index (κ3) is 6.14. The lowest BCUT2D eigenvalue weighted by atomic mass is 10.2. The van der Waals surface area contributed by atoms with Gasteiger partial charge in [0.05, 0.1) is 11.6 Å². The van der Waals surface area contributed by atoms with E-state index >= 15 is 0 Å². The summed E-state index contributed by atoms with van der Waals surface area (Å²) in [6.07, 6.45) is 2.62. The smallest absolute Gasteiger partial charge is 0.336 e. The van der Waals surface area contributed by atoms with E-state index in [0.29, 0.717) is 11.1 Å². The molecule has 0 fully saturated rings. The van der Waals surface area contributed by atoms with Crippen molar-refractivity contribution in [3.63, 3.8) is 0 Å².